The van der Waals surface area contributed by atoms with E-state index >= 15 is 0 Å². The first-order chi connectivity index (χ1) is 16.6. The highest BCUT2D eigenvalue weighted by Crippen LogP contribution is 2.30. The van der Waals surface area contributed by atoms with E-state index in [0.717, 1.165) is 17.1 Å². The first kappa shape index (κ1) is 24.9. The minimum Gasteiger partial charge on any atom is -0.454 e. The zero-order valence-electron chi connectivity index (χ0n) is 19.7. The molecule has 10 heteroatoms. The fourth-order valence-electron chi connectivity index (χ4n) is 4.37. The Hall–Kier alpha value is -3.17. The van der Waals surface area contributed by atoms with E-state index in [2.05, 4.69) is 5.10 Å². The number of Topliss-reactive ketones (excluding diaryl/α,β-unsaturated/α-hetero) is 1. The van der Waals surface area contributed by atoms with Crippen molar-refractivity contribution in [1.29, 1.82) is 0 Å². The summed E-state index contributed by atoms with van der Waals surface area (Å²) in [5, 5.41) is 4.62. The lowest BCUT2D eigenvalue weighted by Crippen LogP contribution is -2.13. The first-order valence-corrected chi connectivity index (χ1v) is 13.3. The normalized spacial score (nSPS) is 17.2. The van der Waals surface area contributed by atoms with Gasteiger partial charge < -0.3 is 9.30 Å². The summed E-state index contributed by atoms with van der Waals surface area (Å²) in [6.07, 6.45) is 3.10. The van der Waals surface area contributed by atoms with Crippen molar-refractivity contribution < 1.29 is 22.7 Å². The maximum absolute atomic E-state index is 12.8. The molecule has 1 saturated heterocycles. The number of nitrogens with zero attached hydrogens (tertiary/aromatic N) is 3. The molecule has 0 bridgehead atoms. The molecule has 4 rings (SSSR count). The van der Waals surface area contributed by atoms with Gasteiger partial charge in [-0.3, -0.25) is 4.79 Å². The number of ether oxygens (including phenoxy) is 1. The summed E-state index contributed by atoms with van der Waals surface area (Å²) in [5.74, 6) is -0.897. The minimum atomic E-state index is -3.09. The largest absolute Gasteiger partial charge is 0.454 e. The van der Waals surface area contributed by atoms with Crippen LogP contribution in [-0.2, 0) is 19.4 Å². The standard InChI is InChI=1S/C25H26ClN3O5S/c1-16-13-22(18(3)28(16)19-7-5-4-6-8-19)23(30)14-34-24(31)10-9-21-17(2)27-29(25(21)26)20-11-12-35(32,33)15-20/h4-10,13,20H,11-12,14-15H2,1-3H3. The lowest BCUT2D eigenvalue weighted by Gasteiger charge is -2.09. The third-order valence-corrected chi connectivity index (χ3v) is 8.23. The number of halogens is 1. The third kappa shape index (κ3) is 5.26. The van der Waals surface area contributed by atoms with Crippen molar-refractivity contribution in [3.8, 4) is 5.69 Å². The van der Waals surface area contributed by atoms with Crippen LogP contribution >= 0.6 is 11.6 Å². The van der Waals surface area contributed by atoms with E-state index in [1.807, 2.05) is 48.7 Å². The first-order valence-electron chi connectivity index (χ1n) is 11.1. The van der Waals surface area contributed by atoms with Crippen LogP contribution in [0.4, 0.5) is 0 Å². The van der Waals surface area contributed by atoms with Gasteiger partial charge in [0.15, 0.2) is 16.4 Å². The van der Waals surface area contributed by atoms with Gasteiger partial charge in [0.2, 0.25) is 5.78 Å². The Kier molecular flexibility index (Phi) is 7.00. The van der Waals surface area contributed by atoms with Gasteiger partial charge in [-0.25, -0.2) is 17.9 Å². The molecule has 1 aliphatic rings. The van der Waals surface area contributed by atoms with Crippen molar-refractivity contribution in [2.75, 3.05) is 18.1 Å². The predicted molar refractivity (Wildman–Crippen MR) is 134 cm³/mol. The van der Waals surface area contributed by atoms with Crippen molar-refractivity contribution in [2.45, 2.75) is 33.2 Å². The van der Waals surface area contributed by atoms with Crippen LogP contribution in [0.3, 0.4) is 0 Å². The molecule has 1 unspecified atom stereocenters. The second kappa shape index (κ2) is 9.83. The number of para-hydroxylation sites is 1. The van der Waals surface area contributed by atoms with Crippen LogP contribution in [0, 0.1) is 20.8 Å². The average Bonchev–Trinajstić information content (AvgIpc) is 3.43. The fourth-order valence-corrected chi connectivity index (χ4v) is 6.43. The monoisotopic (exact) mass is 515 g/mol. The second-order valence-corrected chi connectivity index (χ2v) is 11.2. The van der Waals surface area contributed by atoms with Gasteiger partial charge in [-0.2, -0.15) is 5.10 Å². The lowest BCUT2D eigenvalue weighted by atomic mass is 10.1. The van der Waals surface area contributed by atoms with Crippen molar-refractivity contribution in [1.82, 2.24) is 14.3 Å². The quantitative estimate of drug-likeness (QED) is 0.267. The van der Waals surface area contributed by atoms with Crippen molar-refractivity contribution >= 4 is 39.3 Å². The van der Waals surface area contributed by atoms with Gasteiger partial charge in [-0.05, 0) is 51.5 Å². The number of carbonyl (C=O) groups is 2. The van der Waals surface area contributed by atoms with Crippen LogP contribution < -0.4 is 0 Å². The molecule has 184 valence electrons. The zero-order valence-corrected chi connectivity index (χ0v) is 21.3. The second-order valence-electron chi connectivity index (χ2n) is 8.61. The summed E-state index contributed by atoms with van der Waals surface area (Å²) in [6.45, 7) is 5.10. The van der Waals surface area contributed by atoms with Crippen molar-refractivity contribution in [2.24, 2.45) is 0 Å². The molecule has 1 atom stereocenters. The van der Waals surface area contributed by atoms with E-state index in [0.29, 0.717) is 23.2 Å². The molecule has 1 fully saturated rings. The highest BCUT2D eigenvalue weighted by atomic mass is 35.5. The number of hydrogen-bond acceptors (Lipinski definition) is 6. The maximum atomic E-state index is 12.8. The summed E-state index contributed by atoms with van der Waals surface area (Å²) >= 11 is 6.42. The van der Waals surface area contributed by atoms with Gasteiger partial charge in [0, 0.05) is 34.3 Å². The Morgan fingerprint density at radius 1 is 1.20 bits per heavy atom. The van der Waals surface area contributed by atoms with Crippen LogP contribution in [0.25, 0.3) is 11.8 Å². The fraction of sp³-hybridized carbons (Fsp3) is 0.320. The van der Waals surface area contributed by atoms with Crippen LogP contribution in [0.5, 0.6) is 0 Å². The molecule has 0 aliphatic carbocycles. The Morgan fingerprint density at radius 3 is 2.57 bits per heavy atom. The zero-order chi connectivity index (χ0) is 25.3. The molecular formula is C25H26ClN3O5S. The van der Waals surface area contributed by atoms with Gasteiger partial charge in [0.25, 0.3) is 0 Å². The van der Waals surface area contributed by atoms with Gasteiger partial charge in [0.1, 0.15) is 5.15 Å². The Balaban J connectivity index is 1.41. The molecule has 1 aromatic carbocycles. The van der Waals surface area contributed by atoms with Crippen LogP contribution in [-0.4, -0.2) is 52.6 Å². The molecule has 0 spiro atoms. The number of esters is 1. The Labute approximate surface area is 209 Å². The summed E-state index contributed by atoms with van der Waals surface area (Å²) in [4.78, 5) is 25.0. The number of ketones is 1. The molecule has 3 heterocycles. The lowest BCUT2D eigenvalue weighted by molar-refractivity contribution is -0.136. The van der Waals surface area contributed by atoms with E-state index in [1.54, 1.807) is 13.0 Å². The van der Waals surface area contributed by atoms with Gasteiger partial charge in [0.05, 0.1) is 23.2 Å². The summed E-state index contributed by atoms with van der Waals surface area (Å²) < 4.78 is 32.2. The number of aromatic nitrogens is 3. The summed E-state index contributed by atoms with van der Waals surface area (Å²) in [6, 6.07) is 11.2. The van der Waals surface area contributed by atoms with E-state index < -0.39 is 22.4 Å². The van der Waals surface area contributed by atoms with E-state index in [-0.39, 0.29) is 28.5 Å². The van der Waals surface area contributed by atoms with Crippen molar-refractivity contribution in [3.05, 3.63) is 75.8 Å². The van der Waals surface area contributed by atoms with Gasteiger partial charge in [-0.15, -0.1) is 0 Å². The molecule has 2 aromatic heterocycles. The average molecular weight is 516 g/mol. The minimum absolute atomic E-state index is 0.00790. The van der Waals surface area contributed by atoms with Gasteiger partial charge in [-0.1, -0.05) is 29.8 Å². The van der Waals surface area contributed by atoms with Crippen LogP contribution in [0.1, 0.15) is 45.5 Å². The molecule has 0 amide bonds. The predicted octanol–water partition coefficient (Wildman–Crippen LogP) is 4.05. The number of sulfone groups is 1. The smallest absolute Gasteiger partial charge is 0.331 e. The number of carbonyl (C=O) groups excluding carboxylic acids is 2. The molecule has 0 radical (unpaired) electrons. The molecular weight excluding hydrogens is 490 g/mol. The van der Waals surface area contributed by atoms with Crippen LogP contribution in [0.15, 0.2) is 42.5 Å². The van der Waals surface area contributed by atoms with Crippen molar-refractivity contribution in [3.63, 3.8) is 0 Å². The third-order valence-electron chi connectivity index (χ3n) is 6.10. The molecule has 0 N–H and O–H groups in total. The SMILES string of the molecule is Cc1nn(C2CCS(=O)(=O)C2)c(Cl)c1C=CC(=O)OCC(=O)c1cc(C)n(-c2ccccc2)c1C. The summed E-state index contributed by atoms with van der Waals surface area (Å²) in [5.41, 5.74) is 4.19. The van der Waals surface area contributed by atoms with E-state index in [9.17, 15) is 18.0 Å². The van der Waals surface area contributed by atoms with Gasteiger partial charge >= 0.3 is 5.97 Å². The van der Waals surface area contributed by atoms with E-state index in [4.69, 9.17) is 16.3 Å². The number of benzene rings is 1. The molecule has 35 heavy (non-hydrogen) atoms. The molecule has 8 nitrogen and oxygen atoms in total. The topological polar surface area (TPSA) is 100 Å². The van der Waals surface area contributed by atoms with Crippen LogP contribution in [0.2, 0.25) is 5.15 Å². The number of hydrogen-bond donors (Lipinski definition) is 0. The highest BCUT2D eigenvalue weighted by molar-refractivity contribution is 7.91. The maximum Gasteiger partial charge on any atom is 0.331 e. The number of rotatable bonds is 7. The molecule has 0 saturated carbocycles. The number of aryl methyl sites for hydroxylation is 2. The Morgan fingerprint density at radius 2 is 1.91 bits per heavy atom. The molecule has 1 aliphatic heterocycles. The highest BCUT2D eigenvalue weighted by Gasteiger charge is 2.31. The Bertz CT molecular complexity index is 1420. The molecule has 3 aromatic rings. The summed E-state index contributed by atoms with van der Waals surface area (Å²) in [7, 11) is -3.09. The van der Waals surface area contributed by atoms with E-state index in [1.165, 1.54) is 16.8 Å².